The first-order valence-electron chi connectivity index (χ1n) is 6.24. The molecule has 0 radical (unpaired) electrons. The SMILES string of the molecule is COC(C)CN1C2CCCC1CC(N)C2. The van der Waals surface area contributed by atoms with Gasteiger partial charge >= 0.3 is 0 Å². The highest BCUT2D eigenvalue weighted by Gasteiger charge is 2.37. The molecule has 3 nitrogen and oxygen atoms in total. The Morgan fingerprint density at radius 1 is 1.33 bits per heavy atom. The van der Waals surface area contributed by atoms with Crippen molar-refractivity contribution >= 4 is 0 Å². The molecule has 15 heavy (non-hydrogen) atoms. The van der Waals surface area contributed by atoms with Crippen molar-refractivity contribution in [2.75, 3.05) is 13.7 Å². The summed E-state index contributed by atoms with van der Waals surface area (Å²) in [7, 11) is 1.80. The molecule has 3 unspecified atom stereocenters. The molecule has 2 aliphatic heterocycles. The van der Waals surface area contributed by atoms with Gasteiger partial charge in [0.25, 0.3) is 0 Å². The summed E-state index contributed by atoms with van der Waals surface area (Å²) in [5.41, 5.74) is 6.09. The maximum Gasteiger partial charge on any atom is 0.0670 e. The second-order valence-corrected chi connectivity index (χ2v) is 5.21. The van der Waals surface area contributed by atoms with Crippen LogP contribution in [-0.4, -0.2) is 42.8 Å². The fraction of sp³-hybridized carbons (Fsp3) is 1.00. The standard InChI is InChI=1S/C12H24N2O/c1-9(15-2)8-14-11-4-3-5-12(14)7-10(13)6-11/h9-12H,3-8,13H2,1-2H3. The summed E-state index contributed by atoms with van der Waals surface area (Å²) in [6.45, 7) is 3.24. The van der Waals surface area contributed by atoms with Gasteiger partial charge in [-0.2, -0.15) is 0 Å². The van der Waals surface area contributed by atoms with Gasteiger partial charge in [-0.05, 0) is 32.6 Å². The van der Waals surface area contributed by atoms with Crippen molar-refractivity contribution in [2.45, 2.75) is 63.3 Å². The van der Waals surface area contributed by atoms with E-state index in [-0.39, 0.29) is 0 Å². The lowest BCUT2D eigenvalue weighted by molar-refractivity contribution is -0.0125. The van der Waals surface area contributed by atoms with E-state index in [4.69, 9.17) is 10.5 Å². The molecule has 0 aliphatic carbocycles. The normalized spacial score (nSPS) is 39.0. The molecule has 0 aromatic rings. The minimum atomic E-state index is 0.349. The Bertz CT molecular complexity index is 196. The van der Waals surface area contributed by atoms with Crippen LogP contribution < -0.4 is 5.73 Å². The van der Waals surface area contributed by atoms with E-state index in [9.17, 15) is 0 Å². The molecule has 2 rings (SSSR count). The fourth-order valence-electron chi connectivity index (χ4n) is 3.19. The summed E-state index contributed by atoms with van der Waals surface area (Å²) < 4.78 is 5.37. The molecule has 0 saturated carbocycles. The molecule has 2 aliphatic rings. The zero-order valence-electron chi connectivity index (χ0n) is 9.98. The Morgan fingerprint density at radius 2 is 1.93 bits per heavy atom. The van der Waals surface area contributed by atoms with E-state index in [1.807, 2.05) is 0 Å². The third-order valence-corrected chi connectivity index (χ3v) is 4.03. The second kappa shape index (κ2) is 4.81. The Labute approximate surface area is 93.0 Å². The van der Waals surface area contributed by atoms with E-state index < -0.39 is 0 Å². The number of hydrogen-bond acceptors (Lipinski definition) is 3. The summed E-state index contributed by atoms with van der Waals surface area (Å²) >= 11 is 0. The van der Waals surface area contributed by atoms with Gasteiger partial charge in [0.15, 0.2) is 0 Å². The Morgan fingerprint density at radius 3 is 2.47 bits per heavy atom. The highest BCUT2D eigenvalue weighted by molar-refractivity contribution is 4.94. The van der Waals surface area contributed by atoms with Gasteiger partial charge in [-0.3, -0.25) is 4.90 Å². The lowest BCUT2D eigenvalue weighted by Crippen LogP contribution is -2.56. The van der Waals surface area contributed by atoms with Crippen LogP contribution in [0.4, 0.5) is 0 Å². The van der Waals surface area contributed by atoms with Crippen LogP contribution in [0.25, 0.3) is 0 Å². The smallest absolute Gasteiger partial charge is 0.0670 e. The molecule has 2 N–H and O–H groups in total. The summed E-state index contributed by atoms with van der Waals surface area (Å²) in [4.78, 5) is 2.65. The van der Waals surface area contributed by atoms with Crippen LogP contribution >= 0.6 is 0 Å². The van der Waals surface area contributed by atoms with Gasteiger partial charge in [0, 0.05) is 31.8 Å². The second-order valence-electron chi connectivity index (χ2n) is 5.21. The van der Waals surface area contributed by atoms with Crippen LogP contribution in [0.1, 0.15) is 39.0 Å². The zero-order valence-corrected chi connectivity index (χ0v) is 9.98. The van der Waals surface area contributed by atoms with E-state index in [1.165, 1.54) is 32.1 Å². The van der Waals surface area contributed by atoms with Gasteiger partial charge in [-0.15, -0.1) is 0 Å². The van der Waals surface area contributed by atoms with Gasteiger partial charge in [0.2, 0.25) is 0 Å². The van der Waals surface area contributed by atoms with E-state index in [0.29, 0.717) is 12.1 Å². The number of hydrogen-bond donors (Lipinski definition) is 1. The molecule has 2 fully saturated rings. The zero-order chi connectivity index (χ0) is 10.8. The maximum absolute atomic E-state index is 6.09. The quantitative estimate of drug-likeness (QED) is 0.768. The minimum Gasteiger partial charge on any atom is -0.380 e. The molecule has 0 spiro atoms. The largest absolute Gasteiger partial charge is 0.380 e. The first kappa shape index (κ1) is 11.4. The van der Waals surface area contributed by atoms with Gasteiger partial charge in [0.05, 0.1) is 6.10 Å². The molecular formula is C12H24N2O. The van der Waals surface area contributed by atoms with E-state index in [0.717, 1.165) is 18.6 Å². The van der Waals surface area contributed by atoms with Crippen molar-refractivity contribution in [3.05, 3.63) is 0 Å². The topological polar surface area (TPSA) is 38.5 Å². The fourth-order valence-corrected chi connectivity index (χ4v) is 3.19. The molecule has 2 heterocycles. The molecular weight excluding hydrogens is 188 g/mol. The van der Waals surface area contributed by atoms with E-state index >= 15 is 0 Å². The first-order chi connectivity index (χ1) is 7.20. The predicted octanol–water partition coefficient (Wildman–Crippen LogP) is 1.37. The maximum atomic E-state index is 6.09. The Kier molecular flexibility index (Phi) is 3.65. The van der Waals surface area contributed by atoms with Crippen molar-refractivity contribution in [2.24, 2.45) is 5.73 Å². The van der Waals surface area contributed by atoms with Crippen molar-refractivity contribution in [3.8, 4) is 0 Å². The van der Waals surface area contributed by atoms with Crippen molar-refractivity contribution in [3.63, 3.8) is 0 Å². The number of methoxy groups -OCH3 is 1. The lowest BCUT2D eigenvalue weighted by atomic mass is 9.82. The number of ether oxygens (including phenoxy) is 1. The van der Waals surface area contributed by atoms with Crippen LogP contribution in [0, 0.1) is 0 Å². The van der Waals surface area contributed by atoms with Gasteiger partial charge < -0.3 is 10.5 Å². The average molecular weight is 212 g/mol. The van der Waals surface area contributed by atoms with Crippen molar-refractivity contribution < 1.29 is 4.74 Å². The molecule has 0 amide bonds. The van der Waals surface area contributed by atoms with Crippen LogP contribution in [0.15, 0.2) is 0 Å². The highest BCUT2D eigenvalue weighted by atomic mass is 16.5. The van der Waals surface area contributed by atoms with Crippen LogP contribution in [-0.2, 0) is 4.74 Å². The number of fused-ring (bicyclic) bond motifs is 2. The number of piperidine rings is 2. The molecule has 3 heteroatoms. The van der Waals surface area contributed by atoms with E-state index in [1.54, 1.807) is 7.11 Å². The lowest BCUT2D eigenvalue weighted by Gasteiger charge is -2.48. The number of rotatable bonds is 3. The summed E-state index contributed by atoms with van der Waals surface area (Å²) in [6, 6.07) is 1.89. The summed E-state index contributed by atoms with van der Waals surface area (Å²) in [5, 5.41) is 0. The molecule has 0 aromatic carbocycles. The van der Waals surface area contributed by atoms with Gasteiger partial charge in [0.1, 0.15) is 0 Å². The third kappa shape index (κ3) is 2.52. The average Bonchev–Trinajstić information content (AvgIpc) is 2.19. The molecule has 0 aromatic heterocycles. The first-order valence-corrected chi connectivity index (χ1v) is 6.24. The third-order valence-electron chi connectivity index (χ3n) is 4.03. The molecule has 88 valence electrons. The highest BCUT2D eigenvalue weighted by Crippen LogP contribution is 2.33. The van der Waals surface area contributed by atoms with Gasteiger partial charge in [-0.25, -0.2) is 0 Å². The number of nitrogens with zero attached hydrogens (tertiary/aromatic N) is 1. The molecule has 3 atom stereocenters. The number of nitrogens with two attached hydrogens (primary N) is 1. The van der Waals surface area contributed by atoms with Crippen LogP contribution in [0.2, 0.25) is 0 Å². The predicted molar refractivity (Wildman–Crippen MR) is 61.8 cm³/mol. The summed E-state index contributed by atoms with van der Waals surface area (Å²) in [5.74, 6) is 0. The van der Waals surface area contributed by atoms with Crippen LogP contribution in [0.5, 0.6) is 0 Å². The molecule has 2 bridgehead atoms. The monoisotopic (exact) mass is 212 g/mol. The Balaban J connectivity index is 1.98. The minimum absolute atomic E-state index is 0.349. The van der Waals surface area contributed by atoms with Crippen molar-refractivity contribution in [1.82, 2.24) is 4.90 Å². The molecule has 2 saturated heterocycles. The van der Waals surface area contributed by atoms with Crippen LogP contribution in [0.3, 0.4) is 0 Å². The Hall–Kier alpha value is -0.120. The summed E-state index contributed by atoms with van der Waals surface area (Å²) in [6.07, 6.45) is 6.78. The van der Waals surface area contributed by atoms with Crippen molar-refractivity contribution in [1.29, 1.82) is 0 Å². The van der Waals surface area contributed by atoms with Gasteiger partial charge in [-0.1, -0.05) is 6.42 Å². The van der Waals surface area contributed by atoms with E-state index in [2.05, 4.69) is 11.8 Å².